The molecule has 0 atom stereocenters. The quantitative estimate of drug-likeness (QED) is 0.208. The molecule has 2 aromatic carbocycles. The van der Waals surface area contributed by atoms with Crippen LogP contribution in [0.25, 0.3) is 21.5 Å². The van der Waals surface area contributed by atoms with Gasteiger partial charge in [0.2, 0.25) is 0 Å². The van der Waals surface area contributed by atoms with Gasteiger partial charge in [0.15, 0.2) is 0 Å². The molecule has 2 aromatic heterocycles. The number of pyridine rings is 2. The molecule has 0 radical (unpaired) electrons. The molecule has 0 bridgehead atoms. The summed E-state index contributed by atoms with van der Waals surface area (Å²) in [5, 5.41) is 5.45. The molecule has 0 fully saturated rings. The lowest BCUT2D eigenvalue weighted by atomic mass is 9.90. The number of benzene rings is 2. The molecule has 0 saturated carbocycles. The van der Waals surface area contributed by atoms with Crippen molar-refractivity contribution in [1.29, 1.82) is 0 Å². The third kappa shape index (κ3) is 5.18. The first kappa shape index (κ1) is 28.4. The predicted octanol–water partition coefficient (Wildman–Crippen LogP) is 8.28. The molecule has 0 aliphatic carbocycles. The maximum Gasteiger partial charge on any atom is 0.122 e. The summed E-state index contributed by atoms with van der Waals surface area (Å²) in [6.45, 7) is 19.3. The third-order valence-corrected chi connectivity index (χ3v) is 16.5. The molecule has 2 nitrogen and oxygen atoms in total. The Morgan fingerprint density at radius 3 is 1.23 bits per heavy atom. The predicted molar refractivity (Wildman–Crippen MR) is 183 cm³/mol. The number of aromatic nitrogens is 2. The fourth-order valence-electron chi connectivity index (χ4n) is 5.87. The van der Waals surface area contributed by atoms with Gasteiger partial charge in [-0.1, -0.05) is 132 Å². The molecule has 0 unspecified atom stereocenters. The highest BCUT2D eigenvalue weighted by Gasteiger charge is 2.47. The number of hydrogen-bond acceptors (Lipinski definition) is 2. The second-order valence-corrected chi connectivity index (χ2v) is 27.6. The van der Waals surface area contributed by atoms with E-state index in [9.17, 15) is 0 Å². The summed E-state index contributed by atoms with van der Waals surface area (Å²) < 4.78 is 0. The molecule has 0 saturated heterocycles. The molecule has 1 aliphatic rings. The molecule has 0 amide bonds. The van der Waals surface area contributed by atoms with Crippen LogP contribution >= 0.6 is 0 Å². The molecule has 3 heterocycles. The zero-order valence-electron chi connectivity index (χ0n) is 25.3. The van der Waals surface area contributed by atoms with Gasteiger partial charge in [-0.2, -0.15) is 0 Å². The van der Waals surface area contributed by atoms with Gasteiger partial charge in [0.05, 0.1) is 11.4 Å². The average Bonchev–Trinajstić information content (AvgIpc) is 3.23. The topological polar surface area (TPSA) is 25.8 Å². The first-order chi connectivity index (χ1) is 18.9. The van der Waals surface area contributed by atoms with E-state index in [2.05, 4.69) is 150 Å². The van der Waals surface area contributed by atoms with Crippen LogP contribution in [0, 0.1) is 0 Å². The minimum absolute atomic E-state index is 1.09. The van der Waals surface area contributed by atoms with Gasteiger partial charge in [-0.25, -0.2) is 0 Å². The normalized spacial score (nSPS) is 15.6. The van der Waals surface area contributed by atoms with E-state index in [-0.39, 0.29) is 0 Å². The summed E-state index contributed by atoms with van der Waals surface area (Å²) in [4.78, 5) is 10.9. The van der Waals surface area contributed by atoms with Crippen molar-refractivity contribution in [2.75, 3.05) is 0 Å². The van der Waals surface area contributed by atoms with Crippen LogP contribution in [0.3, 0.4) is 0 Å². The first-order valence-corrected chi connectivity index (χ1v) is 24.2. The van der Waals surface area contributed by atoms with E-state index in [1.807, 2.05) is 0 Å². The SMILES string of the molecule is CC[Si]1(C)C(c2cccc([Si](C)(C)C)n2)=C(c2ccccc2)C(c2ccccc2)=C1c1cccc([Si](C)(C)C)n1. The van der Waals surface area contributed by atoms with Crippen LogP contribution in [0.2, 0.25) is 51.9 Å². The summed E-state index contributed by atoms with van der Waals surface area (Å²) in [5.41, 5.74) is 7.52. The van der Waals surface area contributed by atoms with Crippen molar-refractivity contribution < 1.29 is 0 Å². The van der Waals surface area contributed by atoms with Crippen LogP contribution < -0.4 is 10.6 Å². The van der Waals surface area contributed by atoms with E-state index in [0.717, 1.165) is 17.4 Å². The number of allylic oxidation sites excluding steroid dienone is 2. The van der Waals surface area contributed by atoms with Crippen LogP contribution in [-0.2, 0) is 0 Å². The van der Waals surface area contributed by atoms with Gasteiger partial charge in [0, 0.05) is 10.6 Å². The Hall–Kier alpha value is -3.13. The lowest BCUT2D eigenvalue weighted by molar-refractivity contribution is 1.29. The fraction of sp³-hybridized carbons (Fsp3) is 0.257. The minimum atomic E-state index is -2.29. The lowest BCUT2D eigenvalue weighted by Crippen LogP contribution is -2.42. The Morgan fingerprint density at radius 1 is 0.525 bits per heavy atom. The van der Waals surface area contributed by atoms with Gasteiger partial charge >= 0.3 is 0 Å². The Morgan fingerprint density at radius 2 is 0.900 bits per heavy atom. The molecular weight excluding hydrogens is 533 g/mol. The van der Waals surface area contributed by atoms with Gasteiger partial charge in [-0.3, -0.25) is 9.97 Å². The van der Waals surface area contributed by atoms with Gasteiger partial charge in [-0.15, -0.1) is 0 Å². The third-order valence-electron chi connectivity index (χ3n) is 8.23. The van der Waals surface area contributed by atoms with E-state index in [0.29, 0.717) is 0 Å². The number of hydrogen-bond donors (Lipinski definition) is 0. The van der Waals surface area contributed by atoms with Gasteiger partial charge in [-0.05, 0) is 56.9 Å². The smallest absolute Gasteiger partial charge is 0.122 e. The highest BCUT2D eigenvalue weighted by Crippen LogP contribution is 2.56. The Balaban J connectivity index is 1.93. The van der Waals surface area contributed by atoms with Crippen molar-refractivity contribution in [1.82, 2.24) is 9.97 Å². The summed E-state index contributed by atoms with van der Waals surface area (Å²) in [6.07, 6.45) is 0. The summed E-state index contributed by atoms with van der Waals surface area (Å²) >= 11 is 0. The van der Waals surface area contributed by atoms with Crippen molar-refractivity contribution >= 4 is 56.4 Å². The largest absolute Gasteiger partial charge is 0.258 e. The van der Waals surface area contributed by atoms with Crippen LogP contribution in [0.5, 0.6) is 0 Å². The van der Waals surface area contributed by atoms with Crippen LogP contribution in [-0.4, -0.2) is 34.2 Å². The molecular formula is C35H42N2Si3. The maximum atomic E-state index is 5.46. The molecule has 5 rings (SSSR count). The van der Waals surface area contributed by atoms with Gasteiger partial charge in [0.1, 0.15) is 24.2 Å². The van der Waals surface area contributed by atoms with E-state index in [1.54, 1.807) is 0 Å². The fourth-order valence-corrected chi connectivity index (χ4v) is 12.0. The highest BCUT2D eigenvalue weighted by atomic mass is 28.3. The van der Waals surface area contributed by atoms with Crippen LogP contribution in [0.4, 0.5) is 0 Å². The minimum Gasteiger partial charge on any atom is -0.258 e. The Kier molecular flexibility index (Phi) is 7.59. The summed E-state index contributed by atoms with van der Waals surface area (Å²) in [6, 6.07) is 36.6. The van der Waals surface area contributed by atoms with Gasteiger partial charge < -0.3 is 0 Å². The van der Waals surface area contributed by atoms with E-state index >= 15 is 0 Å². The standard InChI is InChI=1S/C35H42N2Si3/c1-9-40(8)34(28-22-16-24-30(36-28)38(2,3)4)32(26-18-12-10-13-19-26)33(27-20-14-11-15-21-27)35(40)29-23-17-25-31(37-29)39(5,6)7/h10-25H,9H2,1-8H3. The maximum absolute atomic E-state index is 5.46. The zero-order chi connectivity index (χ0) is 28.7. The zero-order valence-corrected chi connectivity index (χ0v) is 28.3. The van der Waals surface area contributed by atoms with Crippen molar-refractivity contribution in [2.24, 2.45) is 0 Å². The van der Waals surface area contributed by atoms with Crippen molar-refractivity contribution in [2.45, 2.75) is 58.8 Å². The second-order valence-electron chi connectivity index (χ2n) is 13.2. The molecule has 1 aliphatic heterocycles. The van der Waals surface area contributed by atoms with Crippen molar-refractivity contribution in [3.05, 3.63) is 120 Å². The van der Waals surface area contributed by atoms with E-state index < -0.39 is 24.2 Å². The summed E-state index contributed by atoms with van der Waals surface area (Å²) in [5.74, 6) is 0. The molecule has 40 heavy (non-hydrogen) atoms. The average molecular weight is 575 g/mol. The number of nitrogens with zero attached hydrogens (tertiary/aromatic N) is 2. The highest BCUT2D eigenvalue weighted by molar-refractivity contribution is 7.13. The van der Waals surface area contributed by atoms with Crippen molar-refractivity contribution in [3.8, 4) is 0 Å². The molecule has 204 valence electrons. The van der Waals surface area contributed by atoms with Gasteiger partial charge in [0.25, 0.3) is 0 Å². The van der Waals surface area contributed by atoms with Crippen LogP contribution in [0.1, 0.15) is 29.4 Å². The Labute approximate surface area is 244 Å². The van der Waals surface area contributed by atoms with Crippen molar-refractivity contribution in [3.63, 3.8) is 0 Å². The molecule has 0 N–H and O–H groups in total. The second kappa shape index (κ2) is 10.7. The molecule has 5 heteroatoms. The van der Waals surface area contributed by atoms with E-state index in [1.165, 1.54) is 43.3 Å². The Bertz CT molecular complexity index is 1470. The monoisotopic (exact) mass is 574 g/mol. The number of rotatable bonds is 7. The molecule has 4 aromatic rings. The van der Waals surface area contributed by atoms with Crippen LogP contribution in [0.15, 0.2) is 97.1 Å². The van der Waals surface area contributed by atoms with E-state index in [4.69, 9.17) is 9.97 Å². The lowest BCUT2D eigenvalue weighted by Gasteiger charge is -2.30. The first-order valence-electron chi connectivity index (χ1n) is 14.5. The molecule has 0 spiro atoms. The summed E-state index contributed by atoms with van der Waals surface area (Å²) in [7, 11) is -5.50.